The molecule has 1 amide bonds. The van der Waals surface area contributed by atoms with Crippen molar-refractivity contribution in [2.24, 2.45) is 5.73 Å². The Bertz CT molecular complexity index is 425. The molecule has 0 radical (unpaired) electrons. The van der Waals surface area contributed by atoms with Gasteiger partial charge < -0.3 is 11.1 Å². The molecule has 1 fully saturated rings. The minimum Gasteiger partial charge on any atom is -0.350 e. The lowest BCUT2D eigenvalue weighted by atomic mass is 10.1. The summed E-state index contributed by atoms with van der Waals surface area (Å²) in [7, 11) is 0. The molecule has 1 saturated heterocycles. The van der Waals surface area contributed by atoms with E-state index >= 15 is 0 Å². The predicted molar refractivity (Wildman–Crippen MR) is 76.5 cm³/mol. The Kier molecular flexibility index (Phi) is 4.22. The normalized spacial score (nSPS) is 20.5. The average Bonchev–Trinajstić information content (AvgIpc) is 2.76. The van der Waals surface area contributed by atoms with E-state index in [1.807, 2.05) is 6.07 Å². The van der Waals surface area contributed by atoms with Crippen molar-refractivity contribution in [3.05, 3.63) is 35.9 Å². The Morgan fingerprint density at radius 3 is 2.74 bits per heavy atom. The van der Waals surface area contributed by atoms with E-state index in [9.17, 15) is 4.79 Å². The van der Waals surface area contributed by atoms with Gasteiger partial charge in [-0.05, 0) is 25.8 Å². The number of nitrogens with zero attached hydrogens (tertiary/aromatic N) is 1. The summed E-state index contributed by atoms with van der Waals surface area (Å²) in [5.41, 5.74) is 6.30. The first-order valence-electron chi connectivity index (χ1n) is 6.81. The highest BCUT2D eigenvalue weighted by atomic mass is 16.2. The zero-order valence-corrected chi connectivity index (χ0v) is 11.7. The lowest BCUT2D eigenvalue weighted by Gasteiger charge is -2.22. The molecule has 4 heteroatoms. The minimum absolute atomic E-state index is 0.0703. The molecule has 1 atom stereocenters. The lowest BCUT2D eigenvalue weighted by molar-refractivity contribution is -0.125. The standard InChI is InChI=1S/C15H23N3O/c1-15(2,16)14(19)17-13-8-9-18(11-13)10-12-6-4-3-5-7-12/h3-7,13H,8-11,16H2,1-2H3,(H,17,19). The number of rotatable bonds is 4. The van der Waals surface area contributed by atoms with Crippen molar-refractivity contribution in [1.29, 1.82) is 0 Å². The van der Waals surface area contributed by atoms with Gasteiger partial charge in [0.1, 0.15) is 0 Å². The molecule has 2 rings (SSSR count). The molecule has 104 valence electrons. The van der Waals surface area contributed by atoms with E-state index in [1.54, 1.807) is 13.8 Å². The van der Waals surface area contributed by atoms with Crippen LogP contribution in [0.15, 0.2) is 30.3 Å². The van der Waals surface area contributed by atoms with Crippen LogP contribution in [-0.2, 0) is 11.3 Å². The lowest BCUT2D eigenvalue weighted by Crippen LogP contribution is -2.52. The first kappa shape index (κ1) is 14.0. The van der Waals surface area contributed by atoms with Crippen LogP contribution in [0.2, 0.25) is 0 Å². The second-order valence-electron chi connectivity index (χ2n) is 5.90. The van der Waals surface area contributed by atoms with Crippen LogP contribution in [-0.4, -0.2) is 35.5 Å². The van der Waals surface area contributed by atoms with Crippen molar-refractivity contribution in [2.75, 3.05) is 13.1 Å². The number of amides is 1. The summed E-state index contributed by atoms with van der Waals surface area (Å²) in [6.45, 7) is 6.33. The first-order valence-corrected chi connectivity index (χ1v) is 6.81. The Labute approximate surface area is 115 Å². The fraction of sp³-hybridized carbons (Fsp3) is 0.533. The van der Waals surface area contributed by atoms with Gasteiger partial charge in [-0.2, -0.15) is 0 Å². The average molecular weight is 261 g/mol. The second-order valence-corrected chi connectivity index (χ2v) is 5.90. The van der Waals surface area contributed by atoms with Crippen LogP contribution in [0.5, 0.6) is 0 Å². The van der Waals surface area contributed by atoms with Crippen LogP contribution in [0.3, 0.4) is 0 Å². The van der Waals surface area contributed by atoms with E-state index in [0.717, 1.165) is 26.1 Å². The molecule has 4 nitrogen and oxygen atoms in total. The highest BCUT2D eigenvalue weighted by Gasteiger charge is 2.28. The Morgan fingerprint density at radius 2 is 2.11 bits per heavy atom. The molecule has 0 bridgehead atoms. The molecule has 1 heterocycles. The summed E-state index contributed by atoms with van der Waals surface area (Å²) in [6.07, 6.45) is 0.995. The summed E-state index contributed by atoms with van der Waals surface area (Å²) in [5.74, 6) is -0.0703. The number of nitrogens with two attached hydrogens (primary N) is 1. The molecular weight excluding hydrogens is 238 g/mol. The molecular formula is C15H23N3O. The quantitative estimate of drug-likeness (QED) is 0.854. The fourth-order valence-corrected chi connectivity index (χ4v) is 2.31. The zero-order valence-electron chi connectivity index (χ0n) is 11.7. The molecule has 1 unspecified atom stereocenters. The fourth-order valence-electron chi connectivity index (χ4n) is 2.31. The van der Waals surface area contributed by atoms with Gasteiger partial charge >= 0.3 is 0 Å². The van der Waals surface area contributed by atoms with Crippen molar-refractivity contribution < 1.29 is 4.79 Å². The first-order chi connectivity index (χ1) is 8.95. The molecule has 0 saturated carbocycles. The molecule has 3 N–H and O–H groups in total. The van der Waals surface area contributed by atoms with Crippen molar-refractivity contribution >= 4 is 5.91 Å². The topological polar surface area (TPSA) is 58.4 Å². The maximum Gasteiger partial charge on any atom is 0.239 e. The number of carbonyl (C=O) groups excluding carboxylic acids is 1. The van der Waals surface area contributed by atoms with Gasteiger partial charge in [-0.3, -0.25) is 9.69 Å². The smallest absolute Gasteiger partial charge is 0.239 e. The van der Waals surface area contributed by atoms with Gasteiger partial charge in [-0.1, -0.05) is 30.3 Å². The van der Waals surface area contributed by atoms with Gasteiger partial charge in [0.15, 0.2) is 0 Å². The largest absolute Gasteiger partial charge is 0.350 e. The van der Waals surface area contributed by atoms with Crippen LogP contribution in [0.1, 0.15) is 25.8 Å². The number of nitrogens with one attached hydrogen (secondary N) is 1. The van der Waals surface area contributed by atoms with Gasteiger partial charge in [0.25, 0.3) is 0 Å². The van der Waals surface area contributed by atoms with Gasteiger partial charge in [0, 0.05) is 25.7 Å². The van der Waals surface area contributed by atoms with E-state index in [-0.39, 0.29) is 11.9 Å². The van der Waals surface area contributed by atoms with Gasteiger partial charge in [-0.25, -0.2) is 0 Å². The monoisotopic (exact) mass is 261 g/mol. The van der Waals surface area contributed by atoms with Crippen LogP contribution in [0, 0.1) is 0 Å². The third-order valence-corrected chi connectivity index (χ3v) is 3.44. The Morgan fingerprint density at radius 1 is 1.42 bits per heavy atom. The molecule has 0 aliphatic carbocycles. The summed E-state index contributed by atoms with van der Waals surface area (Å²) in [5, 5.41) is 3.03. The van der Waals surface area contributed by atoms with E-state index < -0.39 is 5.54 Å². The van der Waals surface area contributed by atoms with Crippen LogP contribution < -0.4 is 11.1 Å². The third-order valence-electron chi connectivity index (χ3n) is 3.44. The minimum atomic E-state index is -0.799. The highest BCUT2D eigenvalue weighted by molar-refractivity contribution is 5.85. The molecule has 1 aromatic carbocycles. The van der Waals surface area contributed by atoms with Gasteiger partial charge in [-0.15, -0.1) is 0 Å². The predicted octanol–water partition coefficient (Wildman–Crippen LogP) is 1.11. The molecule has 19 heavy (non-hydrogen) atoms. The van der Waals surface area contributed by atoms with E-state index in [1.165, 1.54) is 5.56 Å². The number of benzene rings is 1. The van der Waals surface area contributed by atoms with E-state index in [4.69, 9.17) is 5.73 Å². The maximum absolute atomic E-state index is 11.8. The maximum atomic E-state index is 11.8. The number of hydrogen-bond donors (Lipinski definition) is 2. The van der Waals surface area contributed by atoms with Crippen molar-refractivity contribution in [2.45, 2.75) is 38.4 Å². The van der Waals surface area contributed by atoms with Crippen LogP contribution >= 0.6 is 0 Å². The summed E-state index contributed by atoms with van der Waals surface area (Å²) >= 11 is 0. The highest BCUT2D eigenvalue weighted by Crippen LogP contribution is 2.14. The summed E-state index contributed by atoms with van der Waals surface area (Å²) in [6, 6.07) is 10.6. The number of likely N-dealkylation sites (tertiary alicyclic amines) is 1. The van der Waals surface area contributed by atoms with Crippen molar-refractivity contribution in [3.63, 3.8) is 0 Å². The summed E-state index contributed by atoms with van der Waals surface area (Å²) in [4.78, 5) is 14.2. The molecule has 1 aliphatic heterocycles. The summed E-state index contributed by atoms with van der Waals surface area (Å²) < 4.78 is 0. The SMILES string of the molecule is CC(C)(N)C(=O)NC1CCN(Cc2ccccc2)C1. The van der Waals surface area contributed by atoms with Gasteiger partial charge in [0.2, 0.25) is 5.91 Å². The van der Waals surface area contributed by atoms with Crippen LogP contribution in [0.4, 0.5) is 0 Å². The van der Waals surface area contributed by atoms with Crippen molar-refractivity contribution in [1.82, 2.24) is 10.2 Å². The van der Waals surface area contributed by atoms with E-state index in [2.05, 4.69) is 34.5 Å². The third kappa shape index (κ3) is 4.04. The molecule has 0 spiro atoms. The van der Waals surface area contributed by atoms with Crippen molar-refractivity contribution in [3.8, 4) is 0 Å². The Hall–Kier alpha value is -1.39. The number of carbonyl (C=O) groups is 1. The zero-order chi connectivity index (χ0) is 13.9. The molecule has 1 aliphatic rings. The Balaban J connectivity index is 1.82. The van der Waals surface area contributed by atoms with E-state index in [0.29, 0.717) is 0 Å². The second kappa shape index (κ2) is 5.72. The van der Waals surface area contributed by atoms with Crippen LogP contribution in [0.25, 0.3) is 0 Å². The molecule has 1 aromatic rings. The number of hydrogen-bond acceptors (Lipinski definition) is 3. The molecule has 0 aromatic heterocycles. The van der Waals surface area contributed by atoms with Gasteiger partial charge in [0.05, 0.1) is 5.54 Å².